The van der Waals surface area contributed by atoms with E-state index in [1.165, 1.54) is 11.1 Å². The van der Waals surface area contributed by atoms with Crippen LogP contribution in [0.25, 0.3) is 0 Å². The van der Waals surface area contributed by atoms with Gasteiger partial charge in [-0.3, -0.25) is 4.68 Å². The van der Waals surface area contributed by atoms with E-state index in [4.69, 9.17) is 4.99 Å². The second-order valence-corrected chi connectivity index (χ2v) is 5.64. The quantitative estimate of drug-likeness (QED) is 0.426. The molecule has 1 aromatic heterocycles. The third kappa shape index (κ3) is 5.81. The first-order valence-electron chi connectivity index (χ1n) is 8.18. The van der Waals surface area contributed by atoms with E-state index in [1.54, 1.807) is 6.20 Å². The number of guanidine groups is 1. The maximum Gasteiger partial charge on any atom is 0.194 e. The minimum absolute atomic E-state index is 0. The van der Waals surface area contributed by atoms with Gasteiger partial charge in [-0.2, -0.15) is 5.10 Å². The molecule has 0 radical (unpaired) electrons. The molecule has 24 heavy (non-hydrogen) atoms. The summed E-state index contributed by atoms with van der Waals surface area (Å²) in [5.41, 5.74) is 3.75. The van der Waals surface area contributed by atoms with Gasteiger partial charge in [-0.25, -0.2) is 4.99 Å². The molecule has 1 aromatic carbocycles. The minimum atomic E-state index is 0. The van der Waals surface area contributed by atoms with Gasteiger partial charge in [0.2, 0.25) is 0 Å². The average Bonchev–Trinajstić information content (AvgIpc) is 2.97. The molecule has 0 amide bonds. The molecular formula is C18H28IN5. The Morgan fingerprint density at radius 3 is 2.38 bits per heavy atom. The first kappa shape index (κ1) is 20.5. The van der Waals surface area contributed by atoms with Gasteiger partial charge in [0, 0.05) is 33.4 Å². The Balaban J connectivity index is 0.00000288. The molecule has 0 aliphatic rings. The largest absolute Gasteiger partial charge is 0.357 e. The standard InChI is InChI=1S/C18H27N5.HI/c1-5-15-7-9-16(10-8-15)14-22(3)18(19-6-2)20-13-17-11-12-21-23(17)4;/h7-12H,5-6,13-14H2,1-4H3,(H,19,20);1H. The van der Waals surface area contributed by atoms with Gasteiger partial charge in [0.1, 0.15) is 0 Å². The van der Waals surface area contributed by atoms with Gasteiger partial charge in [0.25, 0.3) is 0 Å². The lowest BCUT2D eigenvalue weighted by Crippen LogP contribution is -2.38. The number of aromatic nitrogens is 2. The molecule has 2 aromatic rings. The van der Waals surface area contributed by atoms with Crippen LogP contribution in [0.1, 0.15) is 30.7 Å². The number of benzene rings is 1. The van der Waals surface area contributed by atoms with Crippen LogP contribution in [0.2, 0.25) is 0 Å². The third-order valence-electron chi connectivity index (χ3n) is 3.86. The second-order valence-electron chi connectivity index (χ2n) is 5.64. The van der Waals surface area contributed by atoms with E-state index < -0.39 is 0 Å². The molecule has 0 aliphatic carbocycles. The topological polar surface area (TPSA) is 45.5 Å². The molecule has 6 heteroatoms. The molecule has 5 nitrogen and oxygen atoms in total. The highest BCUT2D eigenvalue weighted by atomic mass is 127. The van der Waals surface area contributed by atoms with Gasteiger partial charge in [0.15, 0.2) is 5.96 Å². The summed E-state index contributed by atoms with van der Waals surface area (Å²) in [6.45, 7) is 6.57. The summed E-state index contributed by atoms with van der Waals surface area (Å²) in [5.74, 6) is 0.910. The number of hydrogen-bond acceptors (Lipinski definition) is 2. The summed E-state index contributed by atoms with van der Waals surface area (Å²) < 4.78 is 1.86. The van der Waals surface area contributed by atoms with Crippen LogP contribution in [0.3, 0.4) is 0 Å². The molecule has 1 heterocycles. The Kier molecular flexibility index (Phi) is 8.81. The van der Waals surface area contributed by atoms with E-state index >= 15 is 0 Å². The van der Waals surface area contributed by atoms with Crippen LogP contribution < -0.4 is 5.32 Å². The van der Waals surface area contributed by atoms with Gasteiger partial charge in [0.05, 0.1) is 12.2 Å². The average molecular weight is 441 g/mol. The van der Waals surface area contributed by atoms with Gasteiger partial charge < -0.3 is 10.2 Å². The zero-order valence-corrected chi connectivity index (χ0v) is 17.3. The minimum Gasteiger partial charge on any atom is -0.357 e. The van der Waals surface area contributed by atoms with Gasteiger partial charge in [-0.05, 0) is 30.5 Å². The Labute approximate surface area is 162 Å². The Bertz CT molecular complexity index is 633. The molecule has 0 saturated carbocycles. The fraction of sp³-hybridized carbons (Fsp3) is 0.444. The lowest BCUT2D eigenvalue weighted by molar-refractivity contribution is 0.476. The summed E-state index contributed by atoms with van der Waals surface area (Å²) in [6, 6.07) is 10.8. The zero-order valence-electron chi connectivity index (χ0n) is 15.0. The molecule has 0 fully saturated rings. The highest BCUT2D eigenvalue weighted by molar-refractivity contribution is 14.0. The van der Waals surface area contributed by atoms with Crippen LogP contribution in [0, 0.1) is 0 Å². The first-order chi connectivity index (χ1) is 11.1. The summed E-state index contributed by atoms with van der Waals surface area (Å²) in [7, 11) is 4.01. The van der Waals surface area contributed by atoms with Crippen molar-refractivity contribution in [3.63, 3.8) is 0 Å². The molecule has 132 valence electrons. The summed E-state index contributed by atoms with van der Waals surface area (Å²) in [5, 5.41) is 7.54. The SMILES string of the molecule is CCNC(=NCc1ccnn1C)N(C)Cc1ccc(CC)cc1.I. The van der Waals surface area contributed by atoms with Crippen LogP contribution in [-0.4, -0.2) is 34.2 Å². The Hall–Kier alpha value is -1.57. The van der Waals surface area contributed by atoms with E-state index in [2.05, 4.69) is 60.5 Å². The molecule has 0 spiro atoms. The van der Waals surface area contributed by atoms with E-state index in [-0.39, 0.29) is 24.0 Å². The maximum atomic E-state index is 4.72. The predicted molar refractivity (Wildman–Crippen MR) is 111 cm³/mol. The van der Waals surface area contributed by atoms with Crippen LogP contribution >= 0.6 is 24.0 Å². The molecule has 0 bridgehead atoms. The molecule has 0 atom stereocenters. The van der Waals surface area contributed by atoms with Gasteiger partial charge >= 0.3 is 0 Å². The first-order valence-corrected chi connectivity index (χ1v) is 8.18. The highest BCUT2D eigenvalue weighted by Crippen LogP contribution is 2.08. The van der Waals surface area contributed by atoms with Crippen molar-refractivity contribution in [2.75, 3.05) is 13.6 Å². The van der Waals surface area contributed by atoms with Crippen molar-refractivity contribution in [1.82, 2.24) is 20.0 Å². The number of nitrogens with one attached hydrogen (secondary N) is 1. The fourth-order valence-electron chi connectivity index (χ4n) is 2.41. The van der Waals surface area contributed by atoms with Crippen molar-refractivity contribution in [2.24, 2.45) is 12.0 Å². The molecule has 1 N–H and O–H groups in total. The van der Waals surface area contributed by atoms with Crippen molar-refractivity contribution < 1.29 is 0 Å². The van der Waals surface area contributed by atoms with Crippen LogP contribution in [0.15, 0.2) is 41.5 Å². The number of nitrogens with zero attached hydrogens (tertiary/aromatic N) is 4. The predicted octanol–water partition coefficient (Wildman–Crippen LogP) is 3.20. The molecular weight excluding hydrogens is 413 g/mol. The molecule has 0 aliphatic heterocycles. The fourth-order valence-corrected chi connectivity index (χ4v) is 2.41. The normalized spacial score (nSPS) is 11.1. The van der Waals surface area contributed by atoms with Crippen molar-refractivity contribution in [3.8, 4) is 0 Å². The van der Waals surface area contributed by atoms with Crippen LogP contribution in [-0.2, 0) is 26.6 Å². The number of aliphatic imine (C=N–C) groups is 1. The molecule has 0 saturated heterocycles. The number of aryl methyl sites for hydroxylation is 2. The van der Waals surface area contributed by atoms with Gasteiger partial charge in [-0.15, -0.1) is 24.0 Å². The maximum absolute atomic E-state index is 4.72. The van der Waals surface area contributed by atoms with E-state index in [0.29, 0.717) is 6.54 Å². The van der Waals surface area contributed by atoms with Gasteiger partial charge in [-0.1, -0.05) is 31.2 Å². The Morgan fingerprint density at radius 2 is 1.83 bits per heavy atom. The number of rotatable bonds is 6. The highest BCUT2D eigenvalue weighted by Gasteiger charge is 2.07. The number of hydrogen-bond donors (Lipinski definition) is 1. The molecule has 2 rings (SSSR count). The smallest absolute Gasteiger partial charge is 0.194 e. The van der Waals surface area contributed by atoms with Crippen LogP contribution in [0.4, 0.5) is 0 Å². The summed E-state index contributed by atoms with van der Waals surface area (Å²) >= 11 is 0. The van der Waals surface area contributed by atoms with Crippen molar-refractivity contribution in [1.29, 1.82) is 0 Å². The lowest BCUT2D eigenvalue weighted by atomic mass is 10.1. The van der Waals surface area contributed by atoms with Crippen molar-refractivity contribution >= 4 is 29.9 Å². The van der Waals surface area contributed by atoms with E-state index in [1.807, 2.05) is 17.8 Å². The lowest BCUT2D eigenvalue weighted by Gasteiger charge is -2.22. The van der Waals surface area contributed by atoms with E-state index in [9.17, 15) is 0 Å². The monoisotopic (exact) mass is 441 g/mol. The third-order valence-corrected chi connectivity index (χ3v) is 3.86. The zero-order chi connectivity index (χ0) is 16.7. The van der Waals surface area contributed by atoms with Crippen molar-refractivity contribution in [2.45, 2.75) is 33.4 Å². The molecule has 0 unspecified atom stereocenters. The Morgan fingerprint density at radius 1 is 1.17 bits per heavy atom. The van der Waals surface area contributed by atoms with Crippen molar-refractivity contribution in [3.05, 3.63) is 53.3 Å². The van der Waals surface area contributed by atoms with E-state index in [0.717, 1.165) is 31.2 Å². The number of halogens is 1. The summed E-state index contributed by atoms with van der Waals surface area (Å²) in [6.07, 6.45) is 2.88. The second kappa shape index (κ2) is 10.3. The van der Waals surface area contributed by atoms with Crippen LogP contribution in [0.5, 0.6) is 0 Å². The summed E-state index contributed by atoms with van der Waals surface area (Å²) in [4.78, 5) is 6.87.